The molecule has 7 heteroatoms. The van der Waals surface area contributed by atoms with Crippen molar-refractivity contribution in [3.63, 3.8) is 0 Å². The summed E-state index contributed by atoms with van der Waals surface area (Å²) in [5.74, 6) is 0. The Balaban J connectivity index is 1.44. The molecule has 0 radical (unpaired) electrons. The van der Waals surface area contributed by atoms with Crippen LogP contribution in [-0.4, -0.2) is 13.1 Å². The van der Waals surface area contributed by atoms with E-state index in [2.05, 4.69) is 31.1 Å². The minimum absolute atomic E-state index is 0.252. The number of nitrogens with one attached hydrogen (secondary N) is 2. The van der Waals surface area contributed by atoms with Crippen LogP contribution in [0.1, 0.15) is 0 Å². The van der Waals surface area contributed by atoms with Crippen LogP contribution in [0.4, 0.5) is 33.2 Å². The lowest BCUT2D eigenvalue weighted by Gasteiger charge is -2.06. The first-order valence-corrected chi connectivity index (χ1v) is 9.71. The van der Waals surface area contributed by atoms with Gasteiger partial charge in [-0.3, -0.25) is 0 Å². The molecule has 0 aliphatic heterocycles. The van der Waals surface area contributed by atoms with Crippen LogP contribution in [0.5, 0.6) is 0 Å². The predicted molar refractivity (Wildman–Crippen MR) is 123 cm³/mol. The summed E-state index contributed by atoms with van der Waals surface area (Å²) in [4.78, 5) is 11.5. The number of carbonyl (C=O) groups is 1. The Morgan fingerprint density at radius 2 is 1.13 bits per heavy atom. The van der Waals surface area contributed by atoms with Crippen LogP contribution in [0.25, 0.3) is 10.8 Å². The molecule has 152 valence electrons. The van der Waals surface area contributed by atoms with Gasteiger partial charge in [-0.2, -0.15) is 20.5 Å². The van der Waals surface area contributed by atoms with Crippen molar-refractivity contribution < 1.29 is 4.79 Å². The second-order valence-corrected chi connectivity index (χ2v) is 6.70. The second-order valence-electron chi connectivity index (χ2n) is 6.70. The van der Waals surface area contributed by atoms with E-state index in [9.17, 15) is 4.79 Å². The van der Waals surface area contributed by atoms with Gasteiger partial charge in [0.1, 0.15) is 0 Å². The van der Waals surface area contributed by atoms with Crippen molar-refractivity contribution in [2.45, 2.75) is 0 Å². The van der Waals surface area contributed by atoms with Gasteiger partial charge in [0.2, 0.25) is 0 Å². The Labute approximate surface area is 179 Å². The number of azo groups is 2. The van der Waals surface area contributed by atoms with Crippen molar-refractivity contribution in [1.82, 2.24) is 5.32 Å². The summed E-state index contributed by atoms with van der Waals surface area (Å²) in [6.45, 7) is 0. The fourth-order valence-electron chi connectivity index (χ4n) is 2.88. The normalized spacial score (nSPS) is 11.3. The topological polar surface area (TPSA) is 90.6 Å². The molecule has 7 nitrogen and oxygen atoms in total. The monoisotopic (exact) mass is 408 g/mol. The second kappa shape index (κ2) is 9.41. The number of benzene rings is 4. The van der Waals surface area contributed by atoms with Gasteiger partial charge in [-0.05, 0) is 71.4 Å². The number of amides is 2. The Morgan fingerprint density at radius 3 is 1.77 bits per heavy atom. The number of carbonyl (C=O) groups excluding carboxylic acids is 1. The summed E-state index contributed by atoms with van der Waals surface area (Å²) in [6.07, 6.45) is 0. The summed E-state index contributed by atoms with van der Waals surface area (Å²) >= 11 is 0. The van der Waals surface area contributed by atoms with E-state index in [1.54, 1.807) is 7.05 Å². The molecular formula is C24H20N6O. The molecule has 0 saturated carbocycles. The maximum atomic E-state index is 11.5. The molecule has 0 saturated heterocycles. The molecule has 0 aromatic heterocycles. The van der Waals surface area contributed by atoms with E-state index in [0.29, 0.717) is 0 Å². The van der Waals surface area contributed by atoms with E-state index in [0.717, 1.165) is 39.2 Å². The first kappa shape index (κ1) is 19.9. The van der Waals surface area contributed by atoms with Crippen LogP contribution in [0.15, 0.2) is 111 Å². The van der Waals surface area contributed by atoms with Crippen molar-refractivity contribution in [1.29, 1.82) is 0 Å². The molecule has 2 amide bonds. The fraction of sp³-hybridized carbons (Fsp3) is 0.0417. The van der Waals surface area contributed by atoms with Crippen LogP contribution in [0.2, 0.25) is 0 Å². The van der Waals surface area contributed by atoms with Crippen molar-refractivity contribution in [2.24, 2.45) is 20.5 Å². The fourth-order valence-corrected chi connectivity index (χ4v) is 2.88. The standard InChI is InChI=1S/C24H20N6O/c1-25-24(31)26-22-9-7-18-16-23(10-8-17(18)15-22)30-29-21-13-11-20(12-14-21)28-27-19-5-3-2-4-6-19/h2-16H,1H3,(H2,25,26,31). The van der Waals surface area contributed by atoms with Crippen LogP contribution in [-0.2, 0) is 0 Å². The molecule has 0 fully saturated rings. The largest absolute Gasteiger partial charge is 0.341 e. The van der Waals surface area contributed by atoms with Gasteiger partial charge in [0.25, 0.3) is 0 Å². The number of nitrogens with zero attached hydrogens (tertiary/aromatic N) is 4. The Kier molecular flexibility index (Phi) is 6.04. The van der Waals surface area contributed by atoms with Gasteiger partial charge >= 0.3 is 6.03 Å². The molecular weight excluding hydrogens is 388 g/mol. The lowest BCUT2D eigenvalue weighted by molar-refractivity contribution is 0.254. The summed E-state index contributed by atoms with van der Waals surface area (Å²) in [5.41, 5.74) is 3.75. The van der Waals surface area contributed by atoms with Crippen LogP contribution < -0.4 is 10.6 Å². The third-order valence-corrected chi connectivity index (χ3v) is 4.48. The minimum Gasteiger partial charge on any atom is -0.341 e. The van der Waals surface area contributed by atoms with E-state index >= 15 is 0 Å². The molecule has 0 heterocycles. The van der Waals surface area contributed by atoms with Crippen molar-refractivity contribution in [2.75, 3.05) is 12.4 Å². The molecule has 4 aromatic carbocycles. The smallest absolute Gasteiger partial charge is 0.318 e. The van der Waals surface area contributed by atoms with E-state index in [1.165, 1.54) is 0 Å². The average molecular weight is 408 g/mol. The third kappa shape index (κ3) is 5.36. The Morgan fingerprint density at radius 1 is 0.613 bits per heavy atom. The van der Waals surface area contributed by atoms with Crippen LogP contribution >= 0.6 is 0 Å². The third-order valence-electron chi connectivity index (χ3n) is 4.48. The maximum Gasteiger partial charge on any atom is 0.318 e. The van der Waals surface area contributed by atoms with Gasteiger partial charge < -0.3 is 10.6 Å². The number of hydrogen-bond donors (Lipinski definition) is 2. The van der Waals surface area contributed by atoms with Crippen LogP contribution in [0, 0.1) is 0 Å². The molecule has 0 bridgehead atoms. The van der Waals surface area contributed by atoms with Gasteiger partial charge in [0.15, 0.2) is 0 Å². The number of fused-ring (bicyclic) bond motifs is 1. The number of hydrogen-bond acceptors (Lipinski definition) is 5. The molecule has 0 aliphatic rings. The predicted octanol–water partition coefficient (Wildman–Crippen LogP) is 7.42. The molecule has 0 spiro atoms. The lowest BCUT2D eigenvalue weighted by Crippen LogP contribution is -2.24. The highest BCUT2D eigenvalue weighted by molar-refractivity contribution is 5.94. The summed E-state index contributed by atoms with van der Waals surface area (Å²) in [7, 11) is 1.58. The van der Waals surface area contributed by atoms with E-state index < -0.39 is 0 Å². The van der Waals surface area contributed by atoms with Gasteiger partial charge in [-0.25, -0.2) is 4.79 Å². The zero-order valence-corrected chi connectivity index (χ0v) is 16.9. The van der Waals surface area contributed by atoms with E-state index in [1.807, 2.05) is 91.0 Å². The molecule has 4 aromatic rings. The van der Waals surface area contributed by atoms with E-state index in [-0.39, 0.29) is 6.03 Å². The molecule has 4 rings (SSSR count). The first-order valence-electron chi connectivity index (χ1n) is 9.71. The quantitative estimate of drug-likeness (QED) is 0.330. The number of urea groups is 1. The molecule has 0 unspecified atom stereocenters. The Hall–Kier alpha value is -4.39. The number of anilines is 1. The highest BCUT2D eigenvalue weighted by Gasteiger charge is 2.01. The zero-order valence-electron chi connectivity index (χ0n) is 16.9. The van der Waals surface area contributed by atoms with Gasteiger partial charge in [0.05, 0.1) is 22.7 Å². The van der Waals surface area contributed by atoms with Gasteiger partial charge in [-0.1, -0.05) is 30.3 Å². The summed E-state index contributed by atoms with van der Waals surface area (Å²) in [6, 6.07) is 28.2. The highest BCUT2D eigenvalue weighted by Crippen LogP contribution is 2.27. The molecule has 2 N–H and O–H groups in total. The van der Waals surface area contributed by atoms with Gasteiger partial charge in [0, 0.05) is 12.7 Å². The lowest BCUT2D eigenvalue weighted by atomic mass is 10.1. The number of rotatable bonds is 5. The van der Waals surface area contributed by atoms with Gasteiger partial charge in [-0.15, -0.1) is 0 Å². The van der Waals surface area contributed by atoms with Crippen LogP contribution in [0.3, 0.4) is 0 Å². The Bertz CT molecular complexity index is 1250. The SMILES string of the molecule is CNC(=O)Nc1ccc2cc(N=Nc3ccc(N=Nc4ccccc4)cc3)ccc2c1. The summed E-state index contributed by atoms with van der Waals surface area (Å²) < 4.78 is 0. The molecule has 0 atom stereocenters. The zero-order chi connectivity index (χ0) is 21.5. The van der Waals surface area contributed by atoms with Crippen molar-refractivity contribution >= 4 is 45.2 Å². The first-order chi connectivity index (χ1) is 15.2. The molecule has 31 heavy (non-hydrogen) atoms. The molecule has 0 aliphatic carbocycles. The minimum atomic E-state index is -0.252. The average Bonchev–Trinajstić information content (AvgIpc) is 2.82. The van der Waals surface area contributed by atoms with Crippen molar-refractivity contribution in [3.05, 3.63) is 91.0 Å². The highest BCUT2D eigenvalue weighted by atomic mass is 16.2. The summed E-state index contributed by atoms with van der Waals surface area (Å²) in [5, 5.41) is 24.4. The maximum absolute atomic E-state index is 11.5. The van der Waals surface area contributed by atoms with Crippen molar-refractivity contribution in [3.8, 4) is 0 Å². The van der Waals surface area contributed by atoms with E-state index in [4.69, 9.17) is 0 Å².